The molecule has 0 bridgehead atoms. The van der Waals surface area contributed by atoms with Crippen LogP contribution in [0.5, 0.6) is 0 Å². The number of amides is 1. The molecule has 1 atom stereocenters. The Morgan fingerprint density at radius 1 is 1.00 bits per heavy atom. The molecule has 0 spiro atoms. The summed E-state index contributed by atoms with van der Waals surface area (Å²) in [5.74, 6) is -2.70. The molecular formula is C24H17ClFNO3. The third-order valence-corrected chi connectivity index (χ3v) is 5.53. The molecule has 150 valence electrons. The fraction of sp³-hybridized carbons (Fsp3) is 0.0833. The van der Waals surface area contributed by atoms with Crippen molar-refractivity contribution in [2.24, 2.45) is 0 Å². The summed E-state index contributed by atoms with van der Waals surface area (Å²) < 4.78 is 14.8. The van der Waals surface area contributed by atoms with Gasteiger partial charge in [-0.3, -0.25) is 14.5 Å². The van der Waals surface area contributed by atoms with Gasteiger partial charge in [0.2, 0.25) is 0 Å². The molecule has 0 unspecified atom stereocenters. The van der Waals surface area contributed by atoms with E-state index in [1.54, 1.807) is 54.6 Å². The number of hydrogen-bond donors (Lipinski definition) is 1. The number of rotatable bonds is 3. The van der Waals surface area contributed by atoms with Crippen molar-refractivity contribution in [3.63, 3.8) is 0 Å². The Hall–Kier alpha value is -3.44. The largest absolute Gasteiger partial charge is 0.507 e. The van der Waals surface area contributed by atoms with Gasteiger partial charge < -0.3 is 5.11 Å². The molecule has 1 aliphatic heterocycles. The fourth-order valence-corrected chi connectivity index (χ4v) is 3.75. The standard InChI is InChI=1S/C24H17ClFNO3/c1-14-11-12-16(13-18(14)25)27-21(17-9-5-6-10-19(17)26)20(23(29)24(27)30)22(28)15-7-3-2-4-8-15/h2-13,21,28H,1H3/t21-/m0/s1. The number of nitrogens with zero attached hydrogens (tertiary/aromatic N) is 1. The highest BCUT2D eigenvalue weighted by atomic mass is 35.5. The van der Waals surface area contributed by atoms with Gasteiger partial charge in [-0.2, -0.15) is 0 Å². The fourth-order valence-electron chi connectivity index (χ4n) is 3.57. The van der Waals surface area contributed by atoms with Gasteiger partial charge in [-0.25, -0.2) is 4.39 Å². The molecule has 1 saturated heterocycles. The highest BCUT2D eigenvalue weighted by Crippen LogP contribution is 2.43. The SMILES string of the molecule is Cc1ccc(N2C(=O)C(=O)C(=C(O)c3ccccc3)[C@@H]2c2ccccc2F)cc1Cl. The lowest BCUT2D eigenvalue weighted by molar-refractivity contribution is -0.132. The summed E-state index contributed by atoms with van der Waals surface area (Å²) in [5.41, 5.74) is 1.43. The molecule has 1 fully saturated rings. The molecule has 1 N–H and O–H groups in total. The first-order chi connectivity index (χ1) is 14.4. The molecule has 0 aliphatic carbocycles. The maximum atomic E-state index is 14.8. The molecule has 1 heterocycles. The Kier molecular flexibility index (Phi) is 5.14. The third-order valence-electron chi connectivity index (χ3n) is 5.13. The molecule has 4 rings (SSSR count). The van der Waals surface area contributed by atoms with E-state index in [9.17, 15) is 19.1 Å². The van der Waals surface area contributed by atoms with Crippen LogP contribution in [0.25, 0.3) is 5.76 Å². The molecule has 30 heavy (non-hydrogen) atoms. The molecule has 4 nitrogen and oxygen atoms in total. The van der Waals surface area contributed by atoms with Crippen LogP contribution in [0.3, 0.4) is 0 Å². The van der Waals surface area contributed by atoms with E-state index in [2.05, 4.69) is 0 Å². The summed E-state index contributed by atoms with van der Waals surface area (Å²) in [6, 6.07) is 18.0. The van der Waals surface area contributed by atoms with Gasteiger partial charge in [0.25, 0.3) is 11.7 Å². The van der Waals surface area contributed by atoms with Gasteiger partial charge in [0.05, 0.1) is 11.6 Å². The summed E-state index contributed by atoms with van der Waals surface area (Å²) in [7, 11) is 0. The first-order valence-electron chi connectivity index (χ1n) is 9.27. The van der Waals surface area contributed by atoms with Gasteiger partial charge in [-0.1, -0.05) is 66.2 Å². The minimum absolute atomic E-state index is 0.103. The highest BCUT2D eigenvalue weighted by Gasteiger charge is 2.47. The zero-order chi connectivity index (χ0) is 21.4. The van der Waals surface area contributed by atoms with E-state index in [4.69, 9.17) is 11.6 Å². The monoisotopic (exact) mass is 421 g/mol. The highest BCUT2D eigenvalue weighted by molar-refractivity contribution is 6.51. The lowest BCUT2D eigenvalue weighted by Crippen LogP contribution is -2.29. The molecule has 3 aromatic carbocycles. The molecule has 6 heteroatoms. The van der Waals surface area contributed by atoms with Gasteiger partial charge in [-0.15, -0.1) is 0 Å². The quantitative estimate of drug-likeness (QED) is 0.349. The van der Waals surface area contributed by atoms with Crippen molar-refractivity contribution in [2.75, 3.05) is 4.90 Å². The van der Waals surface area contributed by atoms with E-state index in [0.29, 0.717) is 16.3 Å². The van der Waals surface area contributed by atoms with Crippen LogP contribution < -0.4 is 4.90 Å². The normalized spacial score (nSPS) is 18.1. The lowest BCUT2D eigenvalue weighted by atomic mass is 9.94. The number of carbonyl (C=O) groups is 2. The average Bonchev–Trinajstić information content (AvgIpc) is 3.01. The van der Waals surface area contributed by atoms with Gasteiger partial charge in [0.1, 0.15) is 11.6 Å². The van der Waals surface area contributed by atoms with Crippen molar-refractivity contribution in [3.8, 4) is 0 Å². The second-order valence-electron chi connectivity index (χ2n) is 6.99. The maximum Gasteiger partial charge on any atom is 0.300 e. The zero-order valence-electron chi connectivity index (χ0n) is 16.0. The van der Waals surface area contributed by atoms with Crippen LogP contribution in [-0.2, 0) is 9.59 Å². The molecule has 0 saturated carbocycles. The summed E-state index contributed by atoms with van der Waals surface area (Å²) in [5, 5.41) is 11.3. The summed E-state index contributed by atoms with van der Waals surface area (Å²) in [4.78, 5) is 27.2. The van der Waals surface area contributed by atoms with E-state index in [1.807, 2.05) is 6.92 Å². The number of benzene rings is 3. The smallest absolute Gasteiger partial charge is 0.300 e. The van der Waals surface area contributed by atoms with Gasteiger partial charge in [-0.05, 0) is 30.7 Å². The van der Waals surface area contributed by atoms with Crippen molar-refractivity contribution < 1.29 is 19.1 Å². The Morgan fingerprint density at radius 3 is 2.33 bits per heavy atom. The van der Waals surface area contributed by atoms with Crippen LogP contribution in [0, 0.1) is 12.7 Å². The number of carbonyl (C=O) groups excluding carboxylic acids is 2. The summed E-state index contributed by atoms with van der Waals surface area (Å²) >= 11 is 6.24. The Labute approximate surface area is 177 Å². The molecule has 3 aromatic rings. The molecular weight excluding hydrogens is 405 g/mol. The third kappa shape index (κ3) is 3.27. The van der Waals surface area contributed by atoms with Crippen molar-refractivity contribution in [2.45, 2.75) is 13.0 Å². The van der Waals surface area contributed by atoms with Crippen LogP contribution >= 0.6 is 11.6 Å². The Balaban J connectivity index is 1.99. The average molecular weight is 422 g/mol. The second kappa shape index (κ2) is 7.76. The molecule has 1 amide bonds. The van der Waals surface area contributed by atoms with Crippen LogP contribution in [0.4, 0.5) is 10.1 Å². The first-order valence-corrected chi connectivity index (χ1v) is 9.65. The molecule has 0 aromatic heterocycles. The van der Waals surface area contributed by atoms with Crippen molar-refractivity contribution >= 4 is 34.7 Å². The second-order valence-corrected chi connectivity index (χ2v) is 7.40. The van der Waals surface area contributed by atoms with Crippen LogP contribution in [-0.4, -0.2) is 16.8 Å². The summed E-state index contributed by atoms with van der Waals surface area (Å²) in [6.07, 6.45) is 0. The Bertz CT molecular complexity index is 1190. The number of halogens is 2. The number of Topliss-reactive ketones (excluding diaryl/α,β-unsaturated/α-hetero) is 1. The number of aryl methyl sites for hydroxylation is 1. The van der Waals surface area contributed by atoms with E-state index in [0.717, 1.165) is 5.56 Å². The first kappa shape index (κ1) is 19.9. The van der Waals surface area contributed by atoms with Crippen molar-refractivity contribution in [1.29, 1.82) is 0 Å². The van der Waals surface area contributed by atoms with E-state index >= 15 is 0 Å². The Morgan fingerprint density at radius 2 is 1.67 bits per heavy atom. The predicted octanol–water partition coefficient (Wildman–Crippen LogP) is 5.41. The van der Waals surface area contributed by atoms with Crippen molar-refractivity contribution in [3.05, 3.63) is 106 Å². The number of aliphatic hydroxyl groups is 1. The van der Waals surface area contributed by atoms with Gasteiger partial charge in [0, 0.05) is 21.8 Å². The number of hydrogen-bond acceptors (Lipinski definition) is 3. The predicted molar refractivity (Wildman–Crippen MR) is 114 cm³/mol. The molecule has 1 aliphatic rings. The zero-order valence-corrected chi connectivity index (χ0v) is 16.7. The number of aliphatic hydroxyl groups excluding tert-OH is 1. The van der Waals surface area contributed by atoms with Crippen LogP contribution in [0.2, 0.25) is 5.02 Å². The topological polar surface area (TPSA) is 57.6 Å². The van der Waals surface area contributed by atoms with Crippen molar-refractivity contribution in [1.82, 2.24) is 0 Å². The summed E-state index contributed by atoms with van der Waals surface area (Å²) in [6.45, 7) is 1.81. The van der Waals surface area contributed by atoms with Gasteiger partial charge >= 0.3 is 0 Å². The van der Waals surface area contributed by atoms with E-state index < -0.39 is 23.5 Å². The minimum atomic E-state index is -1.13. The molecule has 0 radical (unpaired) electrons. The lowest BCUT2D eigenvalue weighted by Gasteiger charge is -2.26. The minimum Gasteiger partial charge on any atom is -0.507 e. The van der Waals surface area contributed by atoms with E-state index in [1.165, 1.54) is 23.1 Å². The van der Waals surface area contributed by atoms with Crippen LogP contribution in [0.1, 0.15) is 22.7 Å². The number of anilines is 1. The van der Waals surface area contributed by atoms with Gasteiger partial charge in [0.15, 0.2) is 0 Å². The maximum absolute atomic E-state index is 14.8. The van der Waals surface area contributed by atoms with E-state index in [-0.39, 0.29) is 16.9 Å². The number of ketones is 1. The van der Waals surface area contributed by atoms with Crippen LogP contribution in [0.15, 0.2) is 78.4 Å².